The molecule has 0 radical (unpaired) electrons. The van der Waals surface area contributed by atoms with E-state index in [1.54, 1.807) is 4.90 Å². The van der Waals surface area contributed by atoms with Gasteiger partial charge in [0.15, 0.2) is 5.82 Å². The highest BCUT2D eigenvalue weighted by atomic mass is 32.2. The standard InChI is InChI=1S/C35H45N7O5S/c1-22-27-12-11-24-19-30(41(31(24)37-27)15-8-6-5-7-14-35(2,3)34(44)36-22)32-38-28-20-26-23(18-29(28)39(32)4)13-17-40(33(26)43)21-25-10-9-16-42(25)48(45,46)47/h11-12,18-20,22,25H,5-10,13-17,21H2,1-4H3,(H,36,44)(H,45,46,47)/t22-,25+/m1/s1. The summed E-state index contributed by atoms with van der Waals surface area (Å²) in [6, 6.07) is 9.45. The van der Waals surface area contributed by atoms with E-state index in [-0.39, 0.29) is 30.9 Å². The molecule has 3 aliphatic heterocycles. The maximum Gasteiger partial charge on any atom is 0.336 e. The van der Waals surface area contributed by atoms with E-state index in [0.29, 0.717) is 36.9 Å². The van der Waals surface area contributed by atoms with Crippen molar-refractivity contribution in [2.45, 2.75) is 90.8 Å². The first-order valence-corrected chi connectivity index (χ1v) is 18.6. The molecule has 13 heteroatoms. The SMILES string of the molecule is C[C@H]1NC(=O)C(C)(C)CCCCCCn2c(-c3nc4cc5c(cc4n3C)CCN(C[C@@H]3CCCN3S(=O)(=O)O)C5=O)cc3ccc1nc32. The van der Waals surface area contributed by atoms with E-state index in [1.165, 1.54) is 0 Å². The summed E-state index contributed by atoms with van der Waals surface area (Å²) in [4.78, 5) is 38.7. The fourth-order valence-electron chi connectivity index (χ4n) is 7.73. The Bertz CT molecular complexity index is 2030. The number of benzene rings is 1. The number of pyridine rings is 1. The first-order chi connectivity index (χ1) is 22.8. The van der Waals surface area contributed by atoms with Crippen LogP contribution in [0.5, 0.6) is 0 Å². The predicted molar refractivity (Wildman–Crippen MR) is 184 cm³/mol. The van der Waals surface area contributed by atoms with Gasteiger partial charge < -0.3 is 19.4 Å². The molecular formula is C35H45N7O5S. The van der Waals surface area contributed by atoms with Gasteiger partial charge >= 0.3 is 10.3 Å². The number of amides is 2. The highest BCUT2D eigenvalue weighted by molar-refractivity contribution is 7.83. The number of imidazole rings is 1. The van der Waals surface area contributed by atoms with Gasteiger partial charge in [0.2, 0.25) is 5.91 Å². The zero-order valence-electron chi connectivity index (χ0n) is 28.2. The zero-order chi connectivity index (χ0) is 34.0. The fourth-order valence-corrected chi connectivity index (χ4v) is 8.64. The smallest absolute Gasteiger partial charge is 0.336 e. The predicted octanol–water partition coefficient (Wildman–Crippen LogP) is 5.02. The van der Waals surface area contributed by atoms with Crippen molar-refractivity contribution < 1.29 is 22.6 Å². The Hall–Kier alpha value is -3.81. The maximum absolute atomic E-state index is 13.7. The average molecular weight is 676 g/mol. The molecule has 48 heavy (non-hydrogen) atoms. The van der Waals surface area contributed by atoms with Crippen LogP contribution in [0.2, 0.25) is 0 Å². The molecule has 1 saturated heterocycles. The molecule has 2 bridgehead atoms. The van der Waals surface area contributed by atoms with Gasteiger partial charge in [-0.3, -0.25) is 14.1 Å². The monoisotopic (exact) mass is 675 g/mol. The van der Waals surface area contributed by atoms with Crippen molar-refractivity contribution in [2.24, 2.45) is 12.5 Å². The Morgan fingerprint density at radius 3 is 2.58 bits per heavy atom. The van der Waals surface area contributed by atoms with Gasteiger partial charge in [-0.2, -0.15) is 12.7 Å². The molecular weight excluding hydrogens is 630 g/mol. The number of nitrogens with one attached hydrogen (secondary N) is 1. The Labute approximate surface area is 281 Å². The first kappa shape index (κ1) is 32.7. The summed E-state index contributed by atoms with van der Waals surface area (Å²) in [7, 11) is -2.31. The first-order valence-electron chi connectivity index (χ1n) is 17.2. The van der Waals surface area contributed by atoms with Crippen LogP contribution in [0.1, 0.15) is 93.4 Å². The summed E-state index contributed by atoms with van der Waals surface area (Å²) in [5.74, 6) is 0.693. The lowest BCUT2D eigenvalue weighted by molar-refractivity contribution is -0.130. The Morgan fingerprint density at radius 2 is 1.79 bits per heavy atom. The van der Waals surface area contributed by atoms with Crippen LogP contribution in [0, 0.1) is 5.41 Å². The molecule has 3 aromatic heterocycles. The number of hydrogen-bond acceptors (Lipinski definition) is 6. The van der Waals surface area contributed by atoms with E-state index >= 15 is 0 Å². The van der Waals surface area contributed by atoms with Crippen LogP contribution >= 0.6 is 0 Å². The van der Waals surface area contributed by atoms with Gasteiger partial charge in [-0.15, -0.1) is 0 Å². The third-order valence-corrected chi connectivity index (χ3v) is 11.7. The molecule has 0 aliphatic carbocycles. The summed E-state index contributed by atoms with van der Waals surface area (Å²) in [6.07, 6.45) is 6.82. The third-order valence-electron chi connectivity index (χ3n) is 10.7. The van der Waals surface area contributed by atoms with E-state index in [9.17, 15) is 22.6 Å². The van der Waals surface area contributed by atoms with Gasteiger partial charge in [0, 0.05) is 55.6 Å². The molecule has 7 rings (SSSR count). The van der Waals surface area contributed by atoms with Gasteiger partial charge in [0.05, 0.1) is 28.5 Å². The normalized spacial score (nSPS) is 22.7. The van der Waals surface area contributed by atoms with Gasteiger partial charge in [-0.05, 0) is 74.9 Å². The summed E-state index contributed by atoms with van der Waals surface area (Å²) < 4.78 is 38.9. The van der Waals surface area contributed by atoms with Crippen LogP contribution in [-0.4, -0.2) is 78.8 Å². The van der Waals surface area contributed by atoms with E-state index in [4.69, 9.17) is 9.97 Å². The minimum Gasteiger partial charge on any atom is -0.348 e. The number of carbonyl (C=O) groups excluding carboxylic acids is 2. The maximum atomic E-state index is 13.7. The van der Waals surface area contributed by atoms with Crippen molar-refractivity contribution in [3.63, 3.8) is 0 Å². The van der Waals surface area contributed by atoms with Crippen molar-refractivity contribution in [1.82, 2.24) is 33.6 Å². The molecule has 1 fully saturated rings. The molecule has 2 amide bonds. The van der Waals surface area contributed by atoms with Gasteiger partial charge in [-0.1, -0.05) is 33.1 Å². The van der Waals surface area contributed by atoms with Crippen LogP contribution in [0.3, 0.4) is 0 Å². The van der Waals surface area contributed by atoms with Gasteiger partial charge in [0.1, 0.15) is 5.65 Å². The van der Waals surface area contributed by atoms with E-state index < -0.39 is 21.8 Å². The third kappa shape index (κ3) is 5.90. The van der Waals surface area contributed by atoms with E-state index in [2.05, 4.69) is 32.7 Å². The second kappa shape index (κ2) is 12.3. The summed E-state index contributed by atoms with van der Waals surface area (Å²) in [5.41, 5.74) is 5.38. The minimum atomic E-state index is -4.31. The lowest BCUT2D eigenvalue weighted by atomic mass is 9.85. The highest BCUT2D eigenvalue weighted by Gasteiger charge is 2.37. The second-order valence-electron chi connectivity index (χ2n) is 14.5. The van der Waals surface area contributed by atoms with Crippen LogP contribution in [0.15, 0.2) is 30.3 Å². The average Bonchev–Trinajstić information content (AvgIpc) is 3.74. The topological polar surface area (TPSA) is 143 Å². The van der Waals surface area contributed by atoms with Crippen LogP contribution in [0.25, 0.3) is 33.6 Å². The molecule has 3 aliphatic rings. The molecule has 12 nitrogen and oxygen atoms in total. The summed E-state index contributed by atoms with van der Waals surface area (Å²) in [6.45, 7) is 7.80. The van der Waals surface area contributed by atoms with Crippen molar-refractivity contribution in [3.05, 3.63) is 47.2 Å². The van der Waals surface area contributed by atoms with Crippen LogP contribution in [-0.2, 0) is 35.1 Å². The molecule has 6 heterocycles. The lowest BCUT2D eigenvalue weighted by Crippen LogP contribution is -2.47. The van der Waals surface area contributed by atoms with Gasteiger partial charge in [0.25, 0.3) is 5.91 Å². The van der Waals surface area contributed by atoms with Crippen LogP contribution in [0.4, 0.5) is 0 Å². The van der Waals surface area contributed by atoms with E-state index in [0.717, 1.165) is 82.3 Å². The van der Waals surface area contributed by atoms with Crippen molar-refractivity contribution in [1.29, 1.82) is 0 Å². The molecule has 0 spiro atoms. The molecule has 4 aromatic rings. The Kier molecular flexibility index (Phi) is 8.36. The molecule has 0 saturated carbocycles. The molecule has 2 N–H and O–H groups in total. The number of aromatic nitrogens is 4. The summed E-state index contributed by atoms with van der Waals surface area (Å²) >= 11 is 0. The zero-order valence-corrected chi connectivity index (χ0v) is 29.0. The lowest BCUT2D eigenvalue weighted by Gasteiger charge is -2.32. The van der Waals surface area contributed by atoms with Crippen molar-refractivity contribution >= 4 is 44.2 Å². The van der Waals surface area contributed by atoms with Crippen molar-refractivity contribution in [3.8, 4) is 11.5 Å². The minimum absolute atomic E-state index is 0.0487. The largest absolute Gasteiger partial charge is 0.348 e. The number of fused-ring (bicyclic) bond motifs is 3. The Balaban J connectivity index is 1.23. The fraction of sp³-hybridized carbons (Fsp3) is 0.543. The van der Waals surface area contributed by atoms with Crippen LogP contribution < -0.4 is 5.32 Å². The van der Waals surface area contributed by atoms with E-state index in [1.807, 2.05) is 40.0 Å². The highest BCUT2D eigenvalue weighted by Crippen LogP contribution is 2.34. The molecule has 1 aromatic carbocycles. The van der Waals surface area contributed by atoms with Crippen molar-refractivity contribution in [2.75, 3.05) is 19.6 Å². The number of rotatable bonds is 4. The summed E-state index contributed by atoms with van der Waals surface area (Å²) in [5, 5.41) is 4.20. The second-order valence-corrected chi connectivity index (χ2v) is 15.8. The number of nitrogens with zero attached hydrogens (tertiary/aromatic N) is 6. The van der Waals surface area contributed by atoms with Gasteiger partial charge in [-0.25, -0.2) is 9.97 Å². The molecule has 256 valence electrons. The number of aryl methyl sites for hydroxylation is 2. The number of carbonyl (C=O) groups is 2. The molecule has 0 unspecified atom stereocenters. The molecule has 2 atom stereocenters. The Morgan fingerprint density at radius 1 is 1.00 bits per heavy atom. The number of hydrogen-bond donors (Lipinski definition) is 2. The quantitative estimate of drug-likeness (QED) is 0.289.